The molecule has 0 unspecified atom stereocenters. The van der Waals surface area contributed by atoms with Gasteiger partial charge in [0, 0.05) is 34.5 Å². The van der Waals surface area contributed by atoms with E-state index in [0.717, 1.165) is 63.3 Å². The molecular formula is C44H44N4OPt. The Kier molecular flexibility index (Phi) is 10.5. The maximum absolute atomic E-state index is 6.49. The summed E-state index contributed by atoms with van der Waals surface area (Å²) in [6.45, 7) is 13.3. The number of hydrogen-bond acceptors (Lipinski definition) is 3. The van der Waals surface area contributed by atoms with Crippen molar-refractivity contribution in [2.24, 2.45) is 5.41 Å². The van der Waals surface area contributed by atoms with Crippen LogP contribution in [-0.2, 0) is 33.9 Å². The molecule has 0 N–H and O–H groups in total. The molecule has 256 valence electrons. The summed E-state index contributed by atoms with van der Waals surface area (Å²) in [5.41, 5.74) is 10.0. The molecule has 0 saturated carbocycles. The molecule has 3 aromatic heterocycles. The molecule has 0 aliphatic rings. The number of benzene rings is 4. The molecule has 5 nitrogen and oxygen atoms in total. The fourth-order valence-electron chi connectivity index (χ4n) is 6.95. The number of nitrogens with zero attached hydrogens (tertiary/aromatic N) is 4. The van der Waals surface area contributed by atoms with Crippen molar-refractivity contribution < 1.29 is 25.8 Å². The molecule has 0 aliphatic carbocycles. The molecule has 3 heterocycles. The van der Waals surface area contributed by atoms with Gasteiger partial charge in [-0.25, -0.2) is 4.98 Å². The molecule has 7 rings (SSSR count). The quantitative estimate of drug-likeness (QED) is 0.102. The zero-order valence-corrected chi connectivity index (χ0v) is 32.1. The van der Waals surface area contributed by atoms with Gasteiger partial charge in [-0.15, -0.1) is 35.7 Å². The normalized spacial score (nSPS) is 11.6. The van der Waals surface area contributed by atoms with Crippen molar-refractivity contribution in [1.29, 1.82) is 0 Å². The van der Waals surface area contributed by atoms with Crippen molar-refractivity contribution in [2.45, 2.75) is 73.6 Å². The van der Waals surface area contributed by atoms with Gasteiger partial charge >= 0.3 is 21.1 Å². The van der Waals surface area contributed by atoms with Gasteiger partial charge < -0.3 is 9.30 Å². The van der Waals surface area contributed by atoms with E-state index in [0.29, 0.717) is 11.5 Å². The number of unbranched alkanes of at least 4 members (excludes halogenated alkanes) is 2. The number of aromatic nitrogens is 4. The smallest absolute Gasteiger partial charge is 0.509 e. The zero-order chi connectivity index (χ0) is 34.1. The number of rotatable bonds is 10. The Morgan fingerprint density at radius 1 is 0.780 bits per heavy atom. The van der Waals surface area contributed by atoms with E-state index in [-0.39, 0.29) is 26.5 Å². The second-order valence-corrected chi connectivity index (χ2v) is 14.3. The van der Waals surface area contributed by atoms with E-state index in [1.807, 2.05) is 41.2 Å². The van der Waals surface area contributed by atoms with Crippen molar-refractivity contribution in [3.05, 3.63) is 132 Å². The predicted molar refractivity (Wildman–Crippen MR) is 201 cm³/mol. The van der Waals surface area contributed by atoms with Crippen molar-refractivity contribution in [1.82, 2.24) is 19.3 Å². The Morgan fingerprint density at radius 3 is 2.36 bits per heavy atom. The van der Waals surface area contributed by atoms with Crippen LogP contribution in [0.5, 0.6) is 11.5 Å². The Morgan fingerprint density at radius 2 is 1.58 bits per heavy atom. The van der Waals surface area contributed by atoms with Crippen LogP contribution in [-0.4, -0.2) is 19.3 Å². The van der Waals surface area contributed by atoms with Crippen LogP contribution < -0.4 is 4.74 Å². The molecule has 7 aromatic rings. The predicted octanol–water partition coefficient (Wildman–Crippen LogP) is 11.4. The van der Waals surface area contributed by atoms with E-state index in [2.05, 4.69) is 119 Å². The molecule has 6 heteroatoms. The summed E-state index contributed by atoms with van der Waals surface area (Å²) in [6, 6.07) is 38.8. The number of hydrogen-bond donors (Lipinski definition) is 0. The van der Waals surface area contributed by atoms with E-state index in [9.17, 15) is 0 Å². The second kappa shape index (κ2) is 14.8. The first-order valence-corrected chi connectivity index (χ1v) is 17.5. The van der Waals surface area contributed by atoms with E-state index in [4.69, 9.17) is 14.8 Å². The SMILES string of the molecule is CCCCCc1ccnc(-n2c3[c-]c(Oc4[c-]c(-n5nc(C)c(-c6ccccc6)c5C)ccc4)ccc3c3cc(CC(C)(C)C)ccc32)c1.[Pt+2]. The van der Waals surface area contributed by atoms with Gasteiger partial charge in [-0.05, 0) is 84.5 Å². The minimum Gasteiger partial charge on any atom is -0.509 e. The monoisotopic (exact) mass is 839 g/mol. The van der Waals surface area contributed by atoms with Crippen LogP contribution in [0.3, 0.4) is 0 Å². The Balaban J connectivity index is 0.00000432. The van der Waals surface area contributed by atoms with Crippen LogP contribution in [0.15, 0.2) is 97.2 Å². The van der Waals surface area contributed by atoms with E-state index < -0.39 is 0 Å². The molecule has 0 saturated heterocycles. The molecule has 0 atom stereocenters. The summed E-state index contributed by atoms with van der Waals surface area (Å²) in [4.78, 5) is 4.88. The third-order valence-corrected chi connectivity index (χ3v) is 9.11. The topological polar surface area (TPSA) is 44.9 Å². The Labute approximate surface area is 310 Å². The molecule has 0 spiro atoms. The molecular weight excluding hydrogens is 796 g/mol. The van der Waals surface area contributed by atoms with Crippen LogP contribution >= 0.6 is 0 Å². The summed E-state index contributed by atoms with van der Waals surface area (Å²) in [5.74, 6) is 2.13. The Bertz CT molecular complexity index is 2260. The first-order valence-electron chi connectivity index (χ1n) is 17.5. The number of fused-ring (bicyclic) bond motifs is 3. The summed E-state index contributed by atoms with van der Waals surface area (Å²) < 4.78 is 10.7. The third kappa shape index (κ3) is 7.35. The van der Waals surface area contributed by atoms with Gasteiger partial charge in [0.1, 0.15) is 5.82 Å². The van der Waals surface area contributed by atoms with Crippen LogP contribution in [0.2, 0.25) is 0 Å². The average Bonchev–Trinajstić information content (AvgIpc) is 3.57. The fraction of sp³-hybridized carbons (Fsp3) is 0.273. The number of pyridine rings is 1. The van der Waals surface area contributed by atoms with Gasteiger partial charge in [0.2, 0.25) is 0 Å². The Hall–Kier alpha value is -4.47. The molecule has 0 aliphatic heterocycles. The van der Waals surface area contributed by atoms with Crippen LogP contribution in [0.4, 0.5) is 0 Å². The first-order chi connectivity index (χ1) is 23.7. The van der Waals surface area contributed by atoms with Gasteiger partial charge in [0.05, 0.1) is 5.69 Å². The molecule has 0 fully saturated rings. The number of aryl methyl sites for hydroxylation is 2. The van der Waals surface area contributed by atoms with Crippen molar-refractivity contribution in [2.75, 3.05) is 0 Å². The van der Waals surface area contributed by atoms with Gasteiger partial charge in [-0.1, -0.05) is 88.5 Å². The van der Waals surface area contributed by atoms with Gasteiger partial charge in [0.15, 0.2) is 0 Å². The molecule has 50 heavy (non-hydrogen) atoms. The zero-order valence-electron chi connectivity index (χ0n) is 29.8. The standard InChI is InChI=1S/C44H44N4O.Pt/c1-7-8-10-14-32-23-24-45-42(26-32)47-40-22-19-33(29-44(4,5)6)25-39(40)38-21-20-37(28-41(38)47)49-36-18-13-17-35(27-36)48-31(3)43(30(2)46-48)34-15-11-9-12-16-34;/h9,11-13,15-26H,7-8,10,14,29H2,1-6H3;/q-2;+2. The summed E-state index contributed by atoms with van der Waals surface area (Å²) in [6.07, 6.45) is 7.59. The van der Waals surface area contributed by atoms with Crippen LogP contribution in [0, 0.1) is 31.4 Å². The van der Waals surface area contributed by atoms with E-state index in [1.165, 1.54) is 35.8 Å². The summed E-state index contributed by atoms with van der Waals surface area (Å²) in [7, 11) is 0. The van der Waals surface area contributed by atoms with Gasteiger partial charge in [-0.2, -0.15) is 17.2 Å². The largest absolute Gasteiger partial charge is 2.00 e. The van der Waals surface area contributed by atoms with Gasteiger partial charge in [0.25, 0.3) is 0 Å². The fourth-order valence-corrected chi connectivity index (χ4v) is 6.95. The van der Waals surface area contributed by atoms with Crippen molar-refractivity contribution in [3.63, 3.8) is 0 Å². The van der Waals surface area contributed by atoms with E-state index >= 15 is 0 Å². The van der Waals surface area contributed by atoms with Gasteiger partial charge in [-0.3, -0.25) is 4.68 Å². The first kappa shape index (κ1) is 35.4. The minimum absolute atomic E-state index is 0. The average molecular weight is 840 g/mol. The second-order valence-electron chi connectivity index (χ2n) is 14.3. The van der Waals surface area contributed by atoms with Crippen LogP contribution in [0.1, 0.15) is 69.5 Å². The third-order valence-electron chi connectivity index (χ3n) is 9.11. The minimum atomic E-state index is 0. The maximum atomic E-state index is 6.49. The van der Waals surface area contributed by atoms with Crippen molar-refractivity contribution in [3.8, 4) is 34.1 Å². The molecule has 4 aromatic carbocycles. The number of ether oxygens (including phenoxy) is 1. The molecule has 0 radical (unpaired) electrons. The van der Waals surface area contributed by atoms with Crippen molar-refractivity contribution >= 4 is 21.8 Å². The molecule has 0 bridgehead atoms. The summed E-state index contributed by atoms with van der Waals surface area (Å²) in [5, 5.41) is 7.22. The van der Waals surface area contributed by atoms with E-state index in [1.54, 1.807) is 0 Å². The maximum Gasteiger partial charge on any atom is 2.00 e. The van der Waals surface area contributed by atoms with Crippen LogP contribution in [0.25, 0.3) is 44.4 Å². The summed E-state index contributed by atoms with van der Waals surface area (Å²) >= 11 is 0. The molecule has 0 amide bonds.